The maximum Gasteiger partial charge on any atom is 0.703 e. The third-order valence-electron chi connectivity index (χ3n) is 1.69. The SMILES string of the molecule is CC1OC1O[P+](=O)OC1OC1C. The van der Waals surface area contributed by atoms with Gasteiger partial charge in [-0.1, -0.05) is 9.05 Å². The molecule has 0 aliphatic carbocycles. The molecule has 0 N–H and O–H groups in total. The van der Waals surface area contributed by atoms with Crippen molar-refractivity contribution in [1.82, 2.24) is 0 Å². The Hall–Kier alpha value is -0.0600. The zero-order chi connectivity index (χ0) is 8.72. The minimum Gasteiger partial charge on any atom is -0.338 e. The van der Waals surface area contributed by atoms with Crippen molar-refractivity contribution in [2.75, 3.05) is 0 Å². The Balaban J connectivity index is 1.64. The Bertz CT molecular complexity index is 188. The molecule has 0 aromatic carbocycles. The molecule has 0 bridgehead atoms. The first kappa shape index (κ1) is 8.53. The first-order valence-electron chi connectivity index (χ1n) is 3.78. The molecule has 2 fully saturated rings. The summed E-state index contributed by atoms with van der Waals surface area (Å²) >= 11 is 0. The van der Waals surface area contributed by atoms with Crippen molar-refractivity contribution in [2.45, 2.75) is 38.6 Å². The lowest BCUT2D eigenvalue weighted by atomic mass is 10.5. The number of rotatable bonds is 4. The Labute approximate surface area is 70.9 Å². The predicted octanol–water partition coefficient (Wildman–Crippen LogP) is 1.17. The van der Waals surface area contributed by atoms with Crippen molar-refractivity contribution in [3.05, 3.63) is 0 Å². The van der Waals surface area contributed by atoms with Gasteiger partial charge in [0.2, 0.25) is 12.6 Å². The van der Waals surface area contributed by atoms with Gasteiger partial charge in [0.1, 0.15) is 12.2 Å². The maximum absolute atomic E-state index is 11.0. The van der Waals surface area contributed by atoms with Crippen LogP contribution >= 0.6 is 8.25 Å². The Kier molecular flexibility index (Phi) is 2.14. The second-order valence-electron chi connectivity index (χ2n) is 2.85. The van der Waals surface area contributed by atoms with Crippen LogP contribution in [0, 0.1) is 0 Å². The Morgan fingerprint density at radius 1 is 1.08 bits per heavy atom. The van der Waals surface area contributed by atoms with Crippen molar-refractivity contribution in [3.63, 3.8) is 0 Å². The van der Waals surface area contributed by atoms with E-state index in [2.05, 4.69) is 0 Å². The molecule has 2 heterocycles. The summed E-state index contributed by atoms with van der Waals surface area (Å²) < 4.78 is 30.5. The van der Waals surface area contributed by atoms with Crippen molar-refractivity contribution < 1.29 is 23.1 Å². The van der Waals surface area contributed by atoms with E-state index in [4.69, 9.17) is 18.5 Å². The lowest BCUT2D eigenvalue weighted by Crippen LogP contribution is -1.95. The van der Waals surface area contributed by atoms with Gasteiger partial charge in [0.25, 0.3) is 0 Å². The van der Waals surface area contributed by atoms with Crippen molar-refractivity contribution in [2.24, 2.45) is 0 Å². The molecule has 2 aliphatic rings. The van der Waals surface area contributed by atoms with Crippen LogP contribution < -0.4 is 0 Å². The highest BCUT2D eigenvalue weighted by Gasteiger charge is 2.50. The third-order valence-corrected chi connectivity index (χ3v) is 2.45. The summed E-state index contributed by atoms with van der Waals surface area (Å²) in [5.41, 5.74) is 0. The quantitative estimate of drug-likeness (QED) is 0.495. The van der Waals surface area contributed by atoms with Gasteiger partial charge in [0.05, 0.1) is 0 Å². The summed E-state index contributed by atoms with van der Waals surface area (Å²) in [5, 5.41) is 0. The summed E-state index contributed by atoms with van der Waals surface area (Å²) in [6, 6.07) is 0. The van der Waals surface area contributed by atoms with E-state index >= 15 is 0 Å². The maximum atomic E-state index is 11.0. The molecule has 4 atom stereocenters. The van der Waals surface area contributed by atoms with E-state index in [1.165, 1.54) is 0 Å². The molecule has 2 aliphatic heterocycles. The monoisotopic (exact) mass is 193 g/mol. The van der Waals surface area contributed by atoms with Gasteiger partial charge in [-0.3, -0.25) is 0 Å². The van der Waals surface area contributed by atoms with Gasteiger partial charge in [-0.15, -0.1) is 0 Å². The van der Waals surface area contributed by atoms with Crippen LogP contribution in [0.1, 0.15) is 13.8 Å². The minimum atomic E-state index is -2.09. The molecule has 6 heteroatoms. The predicted molar refractivity (Wildman–Crippen MR) is 38.4 cm³/mol. The summed E-state index contributed by atoms with van der Waals surface area (Å²) in [6.45, 7) is 3.67. The standard InChI is InChI=1S/C6H10O5P/c1-3-5(8-3)10-12(7)11-6-4(2)9-6/h3-6H,1-2H3/q+1. The Morgan fingerprint density at radius 3 is 1.67 bits per heavy atom. The summed E-state index contributed by atoms with van der Waals surface area (Å²) in [4.78, 5) is 0. The van der Waals surface area contributed by atoms with Gasteiger partial charge >= 0.3 is 8.25 Å². The van der Waals surface area contributed by atoms with Crippen LogP contribution in [-0.2, 0) is 23.1 Å². The van der Waals surface area contributed by atoms with E-state index in [0.717, 1.165) is 0 Å². The molecule has 0 aromatic rings. The van der Waals surface area contributed by atoms with E-state index < -0.39 is 8.25 Å². The van der Waals surface area contributed by atoms with Crippen LogP contribution in [0.25, 0.3) is 0 Å². The molecule has 0 aromatic heterocycles. The average Bonchev–Trinajstić information content (AvgIpc) is 2.80. The summed E-state index contributed by atoms with van der Waals surface area (Å²) in [7, 11) is -2.09. The first-order valence-corrected chi connectivity index (χ1v) is 4.88. The molecule has 2 rings (SSSR count). The lowest BCUT2D eigenvalue weighted by molar-refractivity contribution is 0.117. The third kappa shape index (κ3) is 2.00. The first-order chi connectivity index (χ1) is 5.66. The molecule has 2 saturated heterocycles. The fourth-order valence-electron chi connectivity index (χ4n) is 0.748. The van der Waals surface area contributed by atoms with E-state index in [-0.39, 0.29) is 24.8 Å². The fraction of sp³-hybridized carbons (Fsp3) is 1.00. The fourth-order valence-corrected chi connectivity index (χ4v) is 1.58. The molecule has 4 unspecified atom stereocenters. The van der Waals surface area contributed by atoms with Crippen molar-refractivity contribution in [3.8, 4) is 0 Å². The van der Waals surface area contributed by atoms with Crippen LogP contribution in [0.3, 0.4) is 0 Å². The molecule has 5 nitrogen and oxygen atoms in total. The van der Waals surface area contributed by atoms with Gasteiger partial charge in [0.15, 0.2) is 0 Å². The summed E-state index contributed by atoms with van der Waals surface area (Å²) in [6.07, 6.45) is -0.652. The van der Waals surface area contributed by atoms with Crippen LogP contribution in [0.15, 0.2) is 0 Å². The smallest absolute Gasteiger partial charge is 0.338 e. The highest BCUT2D eigenvalue weighted by atomic mass is 31.1. The van der Waals surface area contributed by atoms with Crippen LogP contribution in [0.5, 0.6) is 0 Å². The number of epoxide rings is 2. The van der Waals surface area contributed by atoms with E-state index in [1.807, 2.05) is 13.8 Å². The highest BCUT2D eigenvalue weighted by molar-refractivity contribution is 7.33. The van der Waals surface area contributed by atoms with Crippen molar-refractivity contribution >= 4 is 8.25 Å². The van der Waals surface area contributed by atoms with Gasteiger partial charge in [-0.25, -0.2) is 0 Å². The number of hydrogen-bond donors (Lipinski definition) is 0. The molecule has 12 heavy (non-hydrogen) atoms. The molecule has 68 valence electrons. The highest BCUT2D eigenvalue weighted by Crippen LogP contribution is 2.40. The molecule has 0 radical (unpaired) electrons. The number of ether oxygens (including phenoxy) is 2. The second kappa shape index (κ2) is 3.01. The molecule has 0 spiro atoms. The molecular weight excluding hydrogens is 183 g/mol. The zero-order valence-corrected chi connectivity index (χ0v) is 7.69. The van der Waals surface area contributed by atoms with Crippen LogP contribution in [0.2, 0.25) is 0 Å². The van der Waals surface area contributed by atoms with Gasteiger partial charge in [-0.05, 0) is 13.8 Å². The average molecular weight is 193 g/mol. The number of hydrogen-bond acceptors (Lipinski definition) is 5. The van der Waals surface area contributed by atoms with Gasteiger partial charge < -0.3 is 9.47 Å². The van der Waals surface area contributed by atoms with Gasteiger partial charge in [-0.2, -0.15) is 0 Å². The molecular formula is C6H10O5P+. The topological polar surface area (TPSA) is 60.6 Å². The lowest BCUT2D eigenvalue weighted by Gasteiger charge is -1.80. The van der Waals surface area contributed by atoms with Gasteiger partial charge in [0, 0.05) is 4.57 Å². The molecule has 0 saturated carbocycles. The summed E-state index contributed by atoms with van der Waals surface area (Å²) in [5.74, 6) is 0. The van der Waals surface area contributed by atoms with Crippen LogP contribution in [0.4, 0.5) is 0 Å². The van der Waals surface area contributed by atoms with E-state index in [1.54, 1.807) is 0 Å². The Morgan fingerprint density at radius 2 is 1.42 bits per heavy atom. The second-order valence-corrected chi connectivity index (χ2v) is 3.72. The molecule has 0 amide bonds. The van der Waals surface area contributed by atoms with E-state index in [0.29, 0.717) is 0 Å². The van der Waals surface area contributed by atoms with Crippen molar-refractivity contribution in [1.29, 1.82) is 0 Å². The normalized spacial score (nSPS) is 45.7. The van der Waals surface area contributed by atoms with E-state index in [9.17, 15) is 4.57 Å². The minimum absolute atomic E-state index is 0.0325. The zero-order valence-electron chi connectivity index (χ0n) is 6.80. The largest absolute Gasteiger partial charge is 0.703 e. The van der Waals surface area contributed by atoms with Crippen LogP contribution in [-0.4, -0.2) is 24.8 Å².